The number of hydrogen-bond acceptors (Lipinski definition) is 2. The third kappa shape index (κ3) is 2.34. The van der Waals surface area contributed by atoms with E-state index in [1.165, 1.54) is 0 Å². The fraction of sp³-hybridized carbons (Fsp3) is 0.818. The van der Waals surface area contributed by atoms with Crippen LogP contribution in [0.1, 0.15) is 33.6 Å². The fourth-order valence-corrected chi connectivity index (χ4v) is 1.79. The number of Topliss-reactive ketones (excluding diaryl/α,β-unsaturated/α-hetero) is 1. The molecule has 0 aliphatic carbocycles. The third-order valence-corrected chi connectivity index (χ3v) is 2.88. The van der Waals surface area contributed by atoms with Crippen molar-refractivity contribution in [2.75, 3.05) is 13.1 Å². The summed E-state index contributed by atoms with van der Waals surface area (Å²) < 4.78 is 0. The summed E-state index contributed by atoms with van der Waals surface area (Å²) in [5.41, 5.74) is 0. The van der Waals surface area contributed by atoms with E-state index in [1.54, 1.807) is 0 Å². The van der Waals surface area contributed by atoms with Gasteiger partial charge in [0.25, 0.3) is 0 Å². The van der Waals surface area contributed by atoms with Crippen LogP contribution in [0.3, 0.4) is 0 Å². The summed E-state index contributed by atoms with van der Waals surface area (Å²) in [4.78, 5) is 25.0. The minimum atomic E-state index is -0.0372. The molecule has 1 fully saturated rings. The SMILES string of the molecule is CCN1CCC(CC(=O)C(C)C)C1=O. The predicted molar refractivity (Wildman–Crippen MR) is 54.8 cm³/mol. The van der Waals surface area contributed by atoms with E-state index in [1.807, 2.05) is 25.7 Å². The van der Waals surface area contributed by atoms with Crippen LogP contribution in [0.4, 0.5) is 0 Å². The largest absolute Gasteiger partial charge is 0.343 e. The van der Waals surface area contributed by atoms with Crippen molar-refractivity contribution in [3.63, 3.8) is 0 Å². The van der Waals surface area contributed by atoms with Crippen LogP contribution < -0.4 is 0 Å². The zero-order valence-electron chi connectivity index (χ0n) is 9.25. The van der Waals surface area contributed by atoms with E-state index in [0.29, 0.717) is 6.42 Å². The van der Waals surface area contributed by atoms with Gasteiger partial charge in [-0.15, -0.1) is 0 Å². The molecule has 0 N–H and O–H groups in total. The van der Waals surface area contributed by atoms with Gasteiger partial charge in [0, 0.05) is 31.3 Å². The first-order chi connectivity index (χ1) is 6.56. The zero-order valence-corrected chi connectivity index (χ0v) is 9.25. The minimum absolute atomic E-state index is 0.0372. The van der Waals surface area contributed by atoms with Gasteiger partial charge in [0.05, 0.1) is 0 Å². The van der Waals surface area contributed by atoms with E-state index in [-0.39, 0.29) is 23.5 Å². The number of ketones is 1. The van der Waals surface area contributed by atoms with E-state index in [9.17, 15) is 9.59 Å². The Morgan fingerprint density at radius 1 is 1.57 bits per heavy atom. The Bertz CT molecular complexity index is 235. The molecule has 1 rings (SSSR count). The number of nitrogens with zero attached hydrogens (tertiary/aromatic N) is 1. The maximum absolute atomic E-state index is 11.7. The Balaban J connectivity index is 2.48. The first-order valence-electron chi connectivity index (χ1n) is 5.37. The van der Waals surface area contributed by atoms with Crippen LogP contribution in [0.5, 0.6) is 0 Å². The van der Waals surface area contributed by atoms with Crippen LogP contribution in [0.2, 0.25) is 0 Å². The van der Waals surface area contributed by atoms with E-state index in [0.717, 1.165) is 19.5 Å². The standard InChI is InChI=1S/C11H19NO2/c1-4-12-6-5-9(11(12)14)7-10(13)8(2)3/h8-9H,4-7H2,1-3H3. The van der Waals surface area contributed by atoms with Gasteiger partial charge in [0.2, 0.25) is 5.91 Å². The molecule has 1 heterocycles. The van der Waals surface area contributed by atoms with Crippen molar-refractivity contribution in [1.29, 1.82) is 0 Å². The molecule has 1 aliphatic rings. The van der Waals surface area contributed by atoms with Gasteiger partial charge in [0.1, 0.15) is 5.78 Å². The molecule has 0 spiro atoms. The van der Waals surface area contributed by atoms with Crippen molar-refractivity contribution >= 4 is 11.7 Å². The molecule has 1 unspecified atom stereocenters. The Morgan fingerprint density at radius 3 is 2.64 bits per heavy atom. The zero-order chi connectivity index (χ0) is 10.7. The Hall–Kier alpha value is -0.860. The van der Waals surface area contributed by atoms with Crippen LogP contribution in [0, 0.1) is 11.8 Å². The molecule has 0 radical (unpaired) electrons. The van der Waals surface area contributed by atoms with Gasteiger partial charge in [0.15, 0.2) is 0 Å². The van der Waals surface area contributed by atoms with Gasteiger partial charge in [-0.2, -0.15) is 0 Å². The number of amides is 1. The normalized spacial score (nSPS) is 22.1. The quantitative estimate of drug-likeness (QED) is 0.684. The van der Waals surface area contributed by atoms with Crippen LogP contribution in [0.15, 0.2) is 0 Å². The molecule has 3 nitrogen and oxygen atoms in total. The molecule has 0 aromatic rings. The Labute approximate surface area is 85.5 Å². The Morgan fingerprint density at radius 2 is 2.21 bits per heavy atom. The summed E-state index contributed by atoms with van der Waals surface area (Å²) in [7, 11) is 0. The van der Waals surface area contributed by atoms with Gasteiger partial charge in [-0.05, 0) is 13.3 Å². The number of carbonyl (C=O) groups is 2. The van der Waals surface area contributed by atoms with Gasteiger partial charge in [-0.3, -0.25) is 9.59 Å². The molecule has 1 saturated heterocycles. The summed E-state index contributed by atoms with van der Waals surface area (Å²) in [6.45, 7) is 7.35. The summed E-state index contributed by atoms with van der Waals surface area (Å²) in [6.07, 6.45) is 1.29. The maximum atomic E-state index is 11.7. The second-order valence-electron chi connectivity index (χ2n) is 4.23. The van der Waals surface area contributed by atoms with Gasteiger partial charge in [-0.1, -0.05) is 13.8 Å². The Kier molecular flexibility index (Phi) is 3.67. The highest BCUT2D eigenvalue weighted by Gasteiger charge is 2.32. The van der Waals surface area contributed by atoms with Crippen molar-refractivity contribution < 1.29 is 9.59 Å². The molecule has 1 aliphatic heterocycles. The lowest BCUT2D eigenvalue weighted by atomic mass is 9.95. The molecule has 14 heavy (non-hydrogen) atoms. The minimum Gasteiger partial charge on any atom is -0.343 e. The van der Waals surface area contributed by atoms with Gasteiger partial charge in [-0.25, -0.2) is 0 Å². The van der Waals surface area contributed by atoms with Crippen LogP contribution in [-0.2, 0) is 9.59 Å². The van der Waals surface area contributed by atoms with E-state index >= 15 is 0 Å². The van der Waals surface area contributed by atoms with Crippen molar-refractivity contribution in [3.8, 4) is 0 Å². The first-order valence-corrected chi connectivity index (χ1v) is 5.37. The average Bonchev–Trinajstić information content (AvgIpc) is 2.47. The molecule has 1 amide bonds. The molecule has 0 aromatic heterocycles. The van der Waals surface area contributed by atoms with E-state index in [4.69, 9.17) is 0 Å². The monoisotopic (exact) mass is 197 g/mol. The molecular weight excluding hydrogens is 178 g/mol. The lowest BCUT2D eigenvalue weighted by Crippen LogP contribution is -2.28. The fourth-order valence-electron chi connectivity index (χ4n) is 1.79. The molecule has 0 saturated carbocycles. The molecule has 3 heteroatoms. The number of hydrogen-bond donors (Lipinski definition) is 0. The molecule has 1 atom stereocenters. The summed E-state index contributed by atoms with van der Waals surface area (Å²) in [5, 5.41) is 0. The van der Waals surface area contributed by atoms with Gasteiger partial charge >= 0.3 is 0 Å². The molecular formula is C11H19NO2. The highest BCUT2D eigenvalue weighted by atomic mass is 16.2. The van der Waals surface area contributed by atoms with E-state index in [2.05, 4.69) is 0 Å². The van der Waals surface area contributed by atoms with Crippen LogP contribution in [-0.4, -0.2) is 29.7 Å². The van der Waals surface area contributed by atoms with Gasteiger partial charge < -0.3 is 4.90 Å². The van der Waals surface area contributed by atoms with Crippen molar-refractivity contribution in [1.82, 2.24) is 4.90 Å². The second kappa shape index (κ2) is 4.58. The highest BCUT2D eigenvalue weighted by molar-refractivity contribution is 5.88. The van der Waals surface area contributed by atoms with Crippen molar-refractivity contribution in [2.45, 2.75) is 33.6 Å². The van der Waals surface area contributed by atoms with Crippen molar-refractivity contribution in [2.24, 2.45) is 11.8 Å². The van der Waals surface area contributed by atoms with E-state index < -0.39 is 0 Å². The summed E-state index contributed by atoms with van der Waals surface area (Å²) in [5.74, 6) is 0.395. The van der Waals surface area contributed by atoms with Crippen LogP contribution in [0.25, 0.3) is 0 Å². The molecule has 0 aromatic carbocycles. The lowest BCUT2D eigenvalue weighted by Gasteiger charge is -2.13. The third-order valence-electron chi connectivity index (χ3n) is 2.88. The first kappa shape index (κ1) is 11.2. The summed E-state index contributed by atoms with van der Waals surface area (Å²) >= 11 is 0. The topological polar surface area (TPSA) is 37.4 Å². The highest BCUT2D eigenvalue weighted by Crippen LogP contribution is 2.22. The lowest BCUT2D eigenvalue weighted by molar-refractivity contribution is -0.134. The number of carbonyl (C=O) groups excluding carboxylic acids is 2. The average molecular weight is 197 g/mol. The molecule has 80 valence electrons. The summed E-state index contributed by atoms with van der Waals surface area (Å²) in [6, 6.07) is 0. The van der Waals surface area contributed by atoms with Crippen molar-refractivity contribution in [3.05, 3.63) is 0 Å². The maximum Gasteiger partial charge on any atom is 0.226 e. The predicted octanol–water partition coefficient (Wildman–Crippen LogP) is 1.47. The number of likely N-dealkylation sites (tertiary alicyclic amines) is 1. The smallest absolute Gasteiger partial charge is 0.226 e. The van der Waals surface area contributed by atoms with Crippen LogP contribution >= 0.6 is 0 Å². The molecule has 0 bridgehead atoms. The number of rotatable bonds is 4. The second-order valence-corrected chi connectivity index (χ2v) is 4.23.